The van der Waals surface area contributed by atoms with Crippen molar-refractivity contribution in [3.05, 3.63) is 36.7 Å². The highest BCUT2D eigenvalue weighted by Crippen LogP contribution is 2.25. The lowest BCUT2D eigenvalue weighted by atomic mass is 10.2. The molecule has 0 unspecified atom stereocenters. The summed E-state index contributed by atoms with van der Waals surface area (Å²) in [5.41, 5.74) is 3.86. The Bertz CT molecular complexity index is 712. The van der Waals surface area contributed by atoms with Crippen LogP contribution < -0.4 is 5.32 Å². The third-order valence-corrected chi connectivity index (χ3v) is 3.03. The van der Waals surface area contributed by atoms with Crippen LogP contribution in [-0.2, 0) is 4.79 Å². The van der Waals surface area contributed by atoms with Gasteiger partial charge in [-0.25, -0.2) is 0 Å². The zero-order chi connectivity index (χ0) is 13.2. The van der Waals surface area contributed by atoms with Crippen molar-refractivity contribution in [2.75, 3.05) is 5.32 Å². The van der Waals surface area contributed by atoms with E-state index in [9.17, 15) is 4.79 Å². The van der Waals surface area contributed by atoms with Crippen LogP contribution in [0.1, 0.15) is 13.3 Å². The molecule has 3 aromatic rings. The number of carbonyl (C=O) groups is 1. The van der Waals surface area contributed by atoms with E-state index in [4.69, 9.17) is 0 Å². The Morgan fingerprint density at radius 1 is 1.37 bits per heavy atom. The maximum absolute atomic E-state index is 11.4. The Hall–Kier alpha value is -2.56. The van der Waals surface area contributed by atoms with E-state index < -0.39 is 0 Å². The summed E-state index contributed by atoms with van der Waals surface area (Å²) >= 11 is 0. The number of aromatic nitrogens is 3. The van der Waals surface area contributed by atoms with Crippen molar-refractivity contribution >= 4 is 22.5 Å². The quantitative estimate of drug-likeness (QED) is 0.672. The zero-order valence-electron chi connectivity index (χ0n) is 10.5. The molecule has 2 heterocycles. The first-order valence-electron chi connectivity index (χ1n) is 6.18. The second-order valence-corrected chi connectivity index (χ2v) is 4.37. The number of hydrogen-bond donors (Lipinski definition) is 3. The number of nitrogens with one attached hydrogen (secondary N) is 3. The van der Waals surface area contributed by atoms with E-state index in [0.29, 0.717) is 6.42 Å². The van der Waals surface area contributed by atoms with E-state index in [1.807, 2.05) is 37.4 Å². The Morgan fingerprint density at radius 2 is 2.26 bits per heavy atom. The number of anilines is 1. The summed E-state index contributed by atoms with van der Waals surface area (Å²) in [7, 11) is 0. The molecule has 0 saturated heterocycles. The molecule has 0 spiro atoms. The number of rotatable bonds is 3. The lowest BCUT2D eigenvalue weighted by molar-refractivity contribution is -0.115. The van der Waals surface area contributed by atoms with E-state index in [0.717, 1.165) is 27.8 Å². The average molecular weight is 254 g/mol. The van der Waals surface area contributed by atoms with Crippen molar-refractivity contribution in [2.24, 2.45) is 0 Å². The maximum atomic E-state index is 11.4. The second kappa shape index (κ2) is 4.61. The van der Waals surface area contributed by atoms with Gasteiger partial charge in [-0.3, -0.25) is 9.89 Å². The number of aromatic amines is 2. The molecule has 2 aromatic heterocycles. The molecule has 0 aliphatic carbocycles. The smallest absolute Gasteiger partial charge is 0.224 e. The van der Waals surface area contributed by atoms with Crippen LogP contribution in [0.2, 0.25) is 0 Å². The molecule has 0 aliphatic rings. The molecule has 3 N–H and O–H groups in total. The SMILES string of the molecule is CCC(=O)Nc1ccc2[nH]c(-c3cn[nH]c3)cc2c1. The van der Waals surface area contributed by atoms with Crippen molar-refractivity contribution in [3.63, 3.8) is 0 Å². The van der Waals surface area contributed by atoms with Crippen LogP contribution in [0, 0.1) is 0 Å². The van der Waals surface area contributed by atoms with Gasteiger partial charge in [-0.1, -0.05) is 6.92 Å². The number of nitrogens with zero attached hydrogens (tertiary/aromatic N) is 1. The van der Waals surface area contributed by atoms with Gasteiger partial charge in [0.25, 0.3) is 0 Å². The van der Waals surface area contributed by atoms with E-state index in [1.54, 1.807) is 6.20 Å². The molecular formula is C14H14N4O. The fourth-order valence-corrected chi connectivity index (χ4v) is 2.01. The third-order valence-electron chi connectivity index (χ3n) is 3.03. The molecular weight excluding hydrogens is 240 g/mol. The van der Waals surface area contributed by atoms with Gasteiger partial charge in [0.1, 0.15) is 0 Å². The minimum atomic E-state index is 0.0185. The number of carbonyl (C=O) groups excluding carboxylic acids is 1. The first-order valence-corrected chi connectivity index (χ1v) is 6.18. The van der Waals surface area contributed by atoms with Gasteiger partial charge in [0.15, 0.2) is 0 Å². The molecule has 0 radical (unpaired) electrons. The molecule has 96 valence electrons. The Kier molecular flexibility index (Phi) is 2.79. The van der Waals surface area contributed by atoms with E-state index in [1.165, 1.54) is 0 Å². The van der Waals surface area contributed by atoms with Gasteiger partial charge in [-0.2, -0.15) is 5.10 Å². The highest BCUT2D eigenvalue weighted by atomic mass is 16.1. The number of amides is 1. The first kappa shape index (κ1) is 11.5. The molecule has 1 amide bonds. The predicted molar refractivity (Wildman–Crippen MR) is 74.8 cm³/mol. The van der Waals surface area contributed by atoms with Crippen LogP contribution >= 0.6 is 0 Å². The summed E-state index contributed by atoms with van der Waals surface area (Å²) < 4.78 is 0. The molecule has 0 atom stereocenters. The van der Waals surface area contributed by atoms with E-state index in [-0.39, 0.29) is 5.91 Å². The number of hydrogen-bond acceptors (Lipinski definition) is 2. The van der Waals surface area contributed by atoms with Gasteiger partial charge < -0.3 is 10.3 Å². The molecule has 0 bridgehead atoms. The van der Waals surface area contributed by atoms with Crippen LogP contribution in [0.5, 0.6) is 0 Å². The summed E-state index contributed by atoms with van der Waals surface area (Å²) in [6.07, 6.45) is 4.08. The van der Waals surface area contributed by atoms with Crippen molar-refractivity contribution in [3.8, 4) is 11.3 Å². The van der Waals surface area contributed by atoms with E-state index >= 15 is 0 Å². The van der Waals surface area contributed by atoms with Crippen LogP contribution in [-0.4, -0.2) is 21.1 Å². The molecule has 5 nitrogen and oxygen atoms in total. The van der Waals surface area contributed by atoms with Gasteiger partial charge in [0, 0.05) is 40.5 Å². The van der Waals surface area contributed by atoms with E-state index in [2.05, 4.69) is 20.5 Å². The lowest BCUT2D eigenvalue weighted by Crippen LogP contribution is -2.08. The Labute approximate surface area is 110 Å². The number of benzene rings is 1. The van der Waals surface area contributed by atoms with Crippen molar-refractivity contribution in [1.29, 1.82) is 0 Å². The fraction of sp³-hybridized carbons (Fsp3) is 0.143. The van der Waals surface area contributed by atoms with Gasteiger partial charge in [-0.05, 0) is 24.3 Å². The van der Waals surface area contributed by atoms with Gasteiger partial charge >= 0.3 is 0 Å². The van der Waals surface area contributed by atoms with Gasteiger partial charge in [-0.15, -0.1) is 0 Å². The molecule has 0 fully saturated rings. The third kappa shape index (κ3) is 2.22. The summed E-state index contributed by atoms with van der Waals surface area (Å²) in [6, 6.07) is 7.86. The predicted octanol–water partition coefficient (Wildman–Crippen LogP) is 2.91. The Morgan fingerprint density at radius 3 is 3.00 bits per heavy atom. The standard InChI is InChI=1S/C14H14N4O/c1-2-14(19)17-11-3-4-12-9(5-11)6-13(18-12)10-7-15-16-8-10/h3-8,18H,2H2,1H3,(H,15,16)(H,17,19). The van der Waals surface area contributed by atoms with Gasteiger partial charge in [0.05, 0.1) is 6.20 Å². The second-order valence-electron chi connectivity index (χ2n) is 4.37. The van der Waals surface area contributed by atoms with Crippen molar-refractivity contribution in [2.45, 2.75) is 13.3 Å². The molecule has 0 aliphatic heterocycles. The summed E-state index contributed by atoms with van der Waals surface area (Å²) in [5, 5.41) is 10.6. The molecule has 3 rings (SSSR count). The van der Waals surface area contributed by atoms with Crippen LogP contribution in [0.25, 0.3) is 22.2 Å². The summed E-state index contributed by atoms with van der Waals surface area (Å²) in [4.78, 5) is 14.7. The van der Waals surface area contributed by atoms with Crippen LogP contribution in [0.4, 0.5) is 5.69 Å². The average Bonchev–Trinajstić information content (AvgIpc) is 3.06. The summed E-state index contributed by atoms with van der Waals surface area (Å²) in [6.45, 7) is 1.83. The largest absolute Gasteiger partial charge is 0.354 e. The molecule has 5 heteroatoms. The lowest BCUT2D eigenvalue weighted by Gasteiger charge is -2.02. The highest BCUT2D eigenvalue weighted by molar-refractivity contribution is 5.94. The zero-order valence-corrected chi connectivity index (χ0v) is 10.5. The Balaban J connectivity index is 1.97. The topological polar surface area (TPSA) is 73.6 Å². The number of fused-ring (bicyclic) bond motifs is 1. The number of H-pyrrole nitrogens is 2. The molecule has 0 saturated carbocycles. The molecule has 1 aromatic carbocycles. The molecule has 19 heavy (non-hydrogen) atoms. The highest BCUT2D eigenvalue weighted by Gasteiger charge is 2.06. The van der Waals surface area contributed by atoms with Crippen LogP contribution in [0.3, 0.4) is 0 Å². The fourth-order valence-electron chi connectivity index (χ4n) is 2.01. The van der Waals surface area contributed by atoms with Crippen LogP contribution in [0.15, 0.2) is 36.7 Å². The van der Waals surface area contributed by atoms with Gasteiger partial charge in [0.2, 0.25) is 5.91 Å². The minimum absolute atomic E-state index is 0.0185. The minimum Gasteiger partial charge on any atom is -0.354 e. The first-order chi connectivity index (χ1) is 9.26. The monoisotopic (exact) mass is 254 g/mol. The normalized spacial score (nSPS) is 10.8. The van der Waals surface area contributed by atoms with Crippen molar-refractivity contribution in [1.82, 2.24) is 15.2 Å². The maximum Gasteiger partial charge on any atom is 0.224 e. The van der Waals surface area contributed by atoms with Crippen molar-refractivity contribution < 1.29 is 4.79 Å². The summed E-state index contributed by atoms with van der Waals surface area (Å²) in [5.74, 6) is 0.0185.